The van der Waals surface area contributed by atoms with E-state index in [9.17, 15) is 20.1 Å². The fourth-order valence-electron chi connectivity index (χ4n) is 4.22. The number of amides is 1. The maximum Gasteiger partial charge on any atom is 0.220 e. The third-order valence-corrected chi connectivity index (χ3v) is 6.30. The van der Waals surface area contributed by atoms with E-state index in [1.807, 2.05) is 42.5 Å². The SMILES string of the molecule is O=C(CCC/C=C\C[C@@H]1[C@@H](/C=C/[C@@H](O)CCc2cccc(Cl)c2)[C@H](O)C[C@@H]1O)NCCON(O)O. The fourth-order valence-corrected chi connectivity index (χ4v) is 4.44. The molecule has 0 heterocycles. The van der Waals surface area contributed by atoms with Crippen molar-refractivity contribution < 1.29 is 35.4 Å². The van der Waals surface area contributed by atoms with Crippen LogP contribution in [0.1, 0.15) is 44.1 Å². The summed E-state index contributed by atoms with van der Waals surface area (Å²) in [7, 11) is 0. The van der Waals surface area contributed by atoms with E-state index < -0.39 is 23.7 Å². The third kappa shape index (κ3) is 11.6. The lowest BCUT2D eigenvalue weighted by molar-refractivity contribution is -0.491. The Morgan fingerprint density at radius 1 is 1.26 bits per heavy atom. The molecule has 2 rings (SSSR count). The molecule has 1 fully saturated rings. The van der Waals surface area contributed by atoms with Gasteiger partial charge in [0, 0.05) is 30.3 Å². The van der Waals surface area contributed by atoms with Gasteiger partial charge in [-0.25, -0.2) is 4.84 Å². The van der Waals surface area contributed by atoms with E-state index in [1.165, 1.54) is 0 Å². The van der Waals surface area contributed by atoms with Gasteiger partial charge in [0.1, 0.15) is 0 Å². The average Bonchev–Trinajstić information content (AvgIpc) is 3.08. The van der Waals surface area contributed by atoms with Crippen molar-refractivity contribution in [1.82, 2.24) is 10.7 Å². The number of rotatable bonds is 15. The molecule has 35 heavy (non-hydrogen) atoms. The summed E-state index contributed by atoms with van der Waals surface area (Å²) in [5.74, 6) is -0.534. The molecule has 10 heteroatoms. The summed E-state index contributed by atoms with van der Waals surface area (Å²) < 4.78 is 0. The van der Waals surface area contributed by atoms with Crippen molar-refractivity contribution in [3.05, 3.63) is 59.2 Å². The Balaban J connectivity index is 1.70. The number of hydrogen-bond acceptors (Lipinski definition) is 8. The quantitative estimate of drug-likeness (QED) is 0.120. The smallest absolute Gasteiger partial charge is 0.220 e. The van der Waals surface area contributed by atoms with Gasteiger partial charge in [-0.1, -0.05) is 48.0 Å². The number of nitrogens with one attached hydrogen (secondary N) is 1. The van der Waals surface area contributed by atoms with Crippen LogP contribution in [0.2, 0.25) is 5.02 Å². The largest absolute Gasteiger partial charge is 0.393 e. The van der Waals surface area contributed by atoms with Crippen LogP contribution in [0.15, 0.2) is 48.6 Å². The van der Waals surface area contributed by atoms with Gasteiger partial charge in [-0.15, -0.1) is 0 Å². The van der Waals surface area contributed by atoms with Crippen LogP contribution in [0.3, 0.4) is 0 Å². The molecule has 1 aliphatic rings. The molecule has 9 nitrogen and oxygen atoms in total. The van der Waals surface area contributed by atoms with E-state index in [2.05, 4.69) is 10.2 Å². The number of carbonyl (C=O) groups is 1. The van der Waals surface area contributed by atoms with E-state index in [0.29, 0.717) is 50.0 Å². The van der Waals surface area contributed by atoms with Gasteiger partial charge in [0.15, 0.2) is 0 Å². The zero-order chi connectivity index (χ0) is 25.6. The highest BCUT2D eigenvalue weighted by Crippen LogP contribution is 2.36. The molecule has 1 aromatic rings. The average molecular weight is 513 g/mol. The highest BCUT2D eigenvalue weighted by atomic mass is 35.5. The van der Waals surface area contributed by atoms with Gasteiger partial charge in [-0.05, 0) is 55.7 Å². The minimum Gasteiger partial charge on any atom is -0.393 e. The number of aliphatic hydroxyl groups is 3. The number of aliphatic hydroxyl groups excluding tert-OH is 3. The van der Waals surface area contributed by atoms with Gasteiger partial charge < -0.3 is 20.6 Å². The molecular weight excluding hydrogens is 476 g/mol. The Morgan fingerprint density at radius 2 is 2.06 bits per heavy atom. The summed E-state index contributed by atoms with van der Waals surface area (Å²) in [6.07, 6.45) is 9.31. The standard InChI is InChI=1S/C25H37ClN2O7/c26-19-7-5-6-18(16-19)10-11-20(29)12-13-22-21(23(30)17-24(22)31)8-3-1-2-4-9-25(32)27-14-15-35-28(33)34/h1,3,5-7,12-13,16,20-24,29-31,33-34H,2,4,8-11,14-15,17H2,(H,27,32)/b3-1-,13-12+/t20-,21+,22+,23-,24+/m0/s1. The molecule has 5 atom stereocenters. The lowest BCUT2D eigenvalue weighted by Gasteiger charge is -2.19. The van der Waals surface area contributed by atoms with Crippen LogP contribution in [-0.4, -0.2) is 68.5 Å². The molecule has 6 N–H and O–H groups in total. The molecule has 0 bridgehead atoms. The monoisotopic (exact) mass is 512 g/mol. The number of carbonyl (C=O) groups excluding carboxylic acids is 1. The summed E-state index contributed by atoms with van der Waals surface area (Å²) >= 11 is 6.00. The van der Waals surface area contributed by atoms with Crippen LogP contribution in [0.4, 0.5) is 0 Å². The summed E-state index contributed by atoms with van der Waals surface area (Å²) in [5, 5.41) is 50.8. The van der Waals surface area contributed by atoms with E-state index in [-0.39, 0.29) is 30.9 Å². The predicted molar refractivity (Wildman–Crippen MR) is 131 cm³/mol. The Kier molecular flexibility index (Phi) is 13.5. The normalized spacial score (nSPS) is 23.5. The first kappa shape index (κ1) is 29.4. The maximum absolute atomic E-state index is 11.7. The second-order valence-electron chi connectivity index (χ2n) is 8.77. The van der Waals surface area contributed by atoms with Crippen LogP contribution in [0, 0.1) is 11.8 Å². The van der Waals surface area contributed by atoms with Gasteiger partial charge >= 0.3 is 0 Å². The molecule has 0 spiro atoms. The molecule has 0 saturated heterocycles. The topological polar surface area (TPSA) is 143 Å². The molecule has 0 aromatic heterocycles. The number of halogens is 1. The van der Waals surface area contributed by atoms with Gasteiger partial charge in [0.05, 0.1) is 30.3 Å². The lowest BCUT2D eigenvalue weighted by atomic mass is 9.89. The van der Waals surface area contributed by atoms with E-state index in [0.717, 1.165) is 5.56 Å². The maximum atomic E-state index is 11.7. The van der Waals surface area contributed by atoms with Crippen LogP contribution in [-0.2, 0) is 16.1 Å². The summed E-state index contributed by atoms with van der Waals surface area (Å²) in [6.45, 7) is 0.112. The van der Waals surface area contributed by atoms with Gasteiger partial charge in [0.2, 0.25) is 5.91 Å². The zero-order valence-corrected chi connectivity index (χ0v) is 20.5. The van der Waals surface area contributed by atoms with Gasteiger partial charge in [-0.2, -0.15) is 0 Å². The first-order chi connectivity index (χ1) is 16.8. The molecular formula is C25H37ClN2O7. The Hall–Kier alpha value is -1.82. The van der Waals surface area contributed by atoms with Crippen LogP contribution < -0.4 is 5.32 Å². The number of aryl methyl sites for hydroxylation is 1. The van der Waals surface area contributed by atoms with Crippen molar-refractivity contribution in [3.63, 3.8) is 0 Å². The molecule has 0 aliphatic heterocycles. The Labute approximate surface area is 211 Å². The van der Waals surface area contributed by atoms with E-state index in [4.69, 9.17) is 22.0 Å². The molecule has 0 radical (unpaired) electrons. The van der Waals surface area contributed by atoms with Gasteiger partial charge in [0.25, 0.3) is 0 Å². The molecule has 1 amide bonds. The van der Waals surface area contributed by atoms with Crippen molar-refractivity contribution in [2.45, 2.75) is 63.3 Å². The van der Waals surface area contributed by atoms with Crippen molar-refractivity contribution in [2.24, 2.45) is 11.8 Å². The first-order valence-electron chi connectivity index (χ1n) is 12.0. The second-order valence-corrected chi connectivity index (χ2v) is 9.20. The molecule has 1 aromatic carbocycles. The van der Waals surface area contributed by atoms with Crippen molar-refractivity contribution in [1.29, 1.82) is 0 Å². The minimum absolute atomic E-state index is 0.0528. The highest BCUT2D eigenvalue weighted by Gasteiger charge is 2.39. The Bertz CT molecular complexity index is 821. The number of unbranched alkanes of at least 4 members (excludes halogenated alkanes) is 1. The van der Waals surface area contributed by atoms with Crippen molar-refractivity contribution in [3.8, 4) is 0 Å². The number of allylic oxidation sites excluding steroid dienone is 2. The number of nitrogens with zero attached hydrogens (tertiary/aromatic N) is 1. The third-order valence-electron chi connectivity index (χ3n) is 6.07. The molecule has 1 saturated carbocycles. The molecule has 1 aliphatic carbocycles. The van der Waals surface area contributed by atoms with Crippen LogP contribution in [0.5, 0.6) is 0 Å². The first-order valence-corrected chi connectivity index (χ1v) is 12.3. The summed E-state index contributed by atoms with van der Waals surface area (Å²) in [5.41, 5.74) is 1.05. The second kappa shape index (κ2) is 16.0. The van der Waals surface area contributed by atoms with E-state index in [1.54, 1.807) is 6.08 Å². The Morgan fingerprint density at radius 3 is 2.80 bits per heavy atom. The lowest BCUT2D eigenvalue weighted by Crippen LogP contribution is -2.29. The fraction of sp³-hybridized carbons (Fsp3) is 0.560. The van der Waals surface area contributed by atoms with Crippen molar-refractivity contribution in [2.75, 3.05) is 13.2 Å². The number of hydrogen-bond donors (Lipinski definition) is 6. The summed E-state index contributed by atoms with van der Waals surface area (Å²) in [4.78, 5) is 16.0. The van der Waals surface area contributed by atoms with Crippen LogP contribution in [0.25, 0.3) is 0 Å². The van der Waals surface area contributed by atoms with Crippen LogP contribution >= 0.6 is 11.6 Å². The summed E-state index contributed by atoms with van der Waals surface area (Å²) in [6, 6.07) is 7.53. The van der Waals surface area contributed by atoms with E-state index >= 15 is 0 Å². The predicted octanol–water partition coefficient (Wildman–Crippen LogP) is 2.79. The highest BCUT2D eigenvalue weighted by molar-refractivity contribution is 6.30. The van der Waals surface area contributed by atoms with Crippen molar-refractivity contribution >= 4 is 17.5 Å². The zero-order valence-electron chi connectivity index (χ0n) is 19.7. The number of benzene rings is 1. The minimum atomic E-state index is -0.656. The van der Waals surface area contributed by atoms with Gasteiger partial charge in [-0.3, -0.25) is 15.2 Å². The molecule has 196 valence electrons. The molecule has 0 unspecified atom stereocenters.